The van der Waals surface area contributed by atoms with E-state index in [1.54, 1.807) is 0 Å². The minimum absolute atomic E-state index is 0.438. The lowest BCUT2D eigenvalue weighted by Crippen LogP contribution is -2.34. The van der Waals surface area contributed by atoms with Crippen molar-refractivity contribution in [1.82, 2.24) is 0 Å². The average Bonchev–Trinajstić information content (AvgIpc) is 2.44. The van der Waals surface area contributed by atoms with Crippen LogP contribution in [0.5, 0.6) is 0 Å². The second-order valence-corrected chi connectivity index (χ2v) is 3.91. The van der Waals surface area contributed by atoms with Gasteiger partial charge in [-0.25, -0.2) is 0 Å². The number of nitrogens with two attached hydrogens (primary N) is 1. The standard InChI is InChI=1S/C10H13ClN2/c1-13-9(6-12)4-7-2-3-8(11)5-10(7)13/h2-3,5,9H,4,6,12H2,1H3. The van der Waals surface area contributed by atoms with Gasteiger partial charge in [-0.3, -0.25) is 0 Å². The van der Waals surface area contributed by atoms with E-state index in [0.717, 1.165) is 11.4 Å². The number of hydrogen-bond donors (Lipinski definition) is 1. The lowest BCUT2D eigenvalue weighted by Gasteiger charge is -2.20. The summed E-state index contributed by atoms with van der Waals surface area (Å²) in [5, 5.41) is 0.795. The van der Waals surface area contributed by atoms with Gasteiger partial charge in [-0.1, -0.05) is 17.7 Å². The number of likely N-dealkylation sites (N-methyl/N-ethyl adjacent to an activating group) is 1. The third-order valence-electron chi connectivity index (χ3n) is 2.70. The zero-order valence-corrected chi connectivity index (χ0v) is 8.38. The molecule has 0 aliphatic carbocycles. The average molecular weight is 197 g/mol. The van der Waals surface area contributed by atoms with E-state index in [4.69, 9.17) is 17.3 Å². The Bertz CT molecular complexity index is 325. The summed E-state index contributed by atoms with van der Waals surface area (Å²) in [5.74, 6) is 0. The molecule has 1 unspecified atom stereocenters. The largest absolute Gasteiger partial charge is 0.370 e. The normalized spacial score (nSPS) is 20.5. The number of fused-ring (bicyclic) bond motifs is 1. The Kier molecular flexibility index (Phi) is 2.18. The molecule has 1 heterocycles. The van der Waals surface area contributed by atoms with Gasteiger partial charge >= 0.3 is 0 Å². The van der Waals surface area contributed by atoms with E-state index in [1.807, 2.05) is 12.1 Å². The van der Waals surface area contributed by atoms with Crippen LogP contribution in [0, 0.1) is 0 Å². The molecule has 0 spiro atoms. The van der Waals surface area contributed by atoms with Gasteiger partial charge < -0.3 is 10.6 Å². The first kappa shape index (κ1) is 8.85. The van der Waals surface area contributed by atoms with E-state index in [9.17, 15) is 0 Å². The summed E-state index contributed by atoms with van der Waals surface area (Å²) in [6.45, 7) is 0.697. The topological polar surface area (TPSA) is 29.3 Å². The fraction of sp³-hybridized carbons (Fsp3) is 0.400. The highest BCUT2D eigenvalue weighted by Gasteiger charge is 2.24. The van der Waals surface area contributed by atoms with Crippen LogP contribution in [0.4, 0.5) is 5.69 Å². The summed E-state index contributed by atoms with van der Waals surface area (Å²) in [6.07, 6.45) is 1.04. The van der Waals surface area contributed by atoms with Gasteiger partial charge in [0.25, 0.3) is 0 Å². The van der Waals surface area contributed by atoms with Gasteiger partial charge in [0.05, 0.1) is 0 Å². The maximum atomic E-state index is 5.92. The Hall–Kier alpha value is -0.730. The minimum atomic E-state index is 0.438. The first-order valence-electron chi connectivity index (χ1n) is 4.43. The third-order valence-corrected chi connectivity index (χ3v) is 2.94. The molecule has 0 aromatic heterocycles. The molecule has 1 atom stereocenters. The Morgan fingerprint density at radius 2 is 2.38 bits per heavy atom. The molecule has 2 rings (SSSR count). The van der Waals surface area contributed by atoms with Crippen molar-refractivity contribution in [2.24, 2.45) is 5.73 Å². The smallest absolute Gasteiger partial charge is 0.0450 e. The number of halogens is 1. The van der Waals surface area contributed by atoms with Crippen molar-refractivity contribution in [2.45, 2.75) is 12.5 Å². The molecule has 0 radical (unpaired) electrons. The van der Waals surface area contributed by atoms with Gasteiger partial charge in [-0.15, -0.1) is 0 Å². The zero-order valence-electron chi connectivity index (χ0n) is 7.63. The molecule has 0 bridgehead atoms. The number of anilines is 1. The quantitative estimate of drug-likeness (QED) is 0.741. The van der Waals surface area contributed by atoms with Crippen molar-refractivity contribution >= 4 is 17.3 Å². The third kappa shape index (κ3) is 1.40. The molecule has 0 saturated heterocycles. The fourth-order valence-corrected chi connectivity index (χ4v) is 2.03. The van der Waals surface area contributed by atoms with E-state index in [1.165, 1.54) is 11.3 Å². The van der Waals surface area contributed by atoms with Crippen LogP contribution in [-0.2, 0) is 6.42 Å². The van der Waals surface area contributed by atoms with Gasteiger partial charge in [0.1, 0.15) is 0 Å². The van der Waals surface area contributed by atoms with Crippen LogP contribution in [-0.4, -0.2) is 19.6 Å². The molecule has 3 heteroatoms. The van der Waals surface area contributed by atoms with Gasteiger partial charge in [0.15, 0.2) is 0 Å². The summed E-state index contributed by atoms with van der Waals surface area (Å²) < 4.78 is 0. The van der Waals surface area contributed by atoms with Crippen LogP contribution in [0.15, 0.2) is 18.2 Å². The number of rotatable bonds is 1. The van der Waals surface area contributed by atoms with Crippen molar-refractivity contribution in [2.75, 3.05) is 18.5 Å². The van der Waals surface area contributed by atoms with Crippen LogP contribution in [0.1, 0.15) is 5.56 Å². The summed E-state index contributed by atoms with van der Waals surface area (Å²) in [5.41, 5.74) is 8.24. The van der Waals surface area contributed by atoms with Gasteiger partial charge in [0, 0.05) is 30.3 Å². The highest BCUT2D eigenvalue weighted by Crippen LogP contribution is 2.32. The molecule has 0 saturated carbocycles. The van der Waals surface area contributed by atoms with E-state index >= 15 is 0 Å². The molecular weight excluding hydrogens is 184 g/mol. The van der Waals surface area contributed by atoms with E-state index in [0.29, 0.717) is 12.6 Å². The van der Waals surface area contributed by atoms with Crippen molar-refractivity contribution in [3.8, 4) is 0 Å². The predicted molar refractivity (Wildman–Crippen MR) is 56.4 cm³/mol. The maximum absolute atomic E-state index is 5.92. The number of benzene rings is 1. The van der Waals surface area contributed by atoms with Gasteiger partial charge in [0.2, 0.25) is 0 Å². The minimum Gasteiger partial charge on any atom is -0.370 e. The summed E-state index contributed by atoms with van der Waals surface area (Å²) >= 11 is 5.92. The van der Waals surface area contributed by atoms with Crippen LogP contribution >= 0.6 is 11.6 Å². The first-order chi connectivity index (χ1) is 6.22. The van der Waals surface area contributed by atoms with E-state index in [2.05, 4.69) is 18.0 Å². The second-order valence-electron chi connectivity index (χ2n) is 3.48. The molecule has 70 valence electrons. The number of nitrogens with zero attached hydrogens (tertiary/aromatic N) is 1. The van der Waals surface area contributed by atoms with Crippen LogP contribution < -0.4 is 10.6 Å². The monoisotopic (exact) mass is 196 g/mol. The highest BCUT2D eigenvalue weighted by atomic mass is 35.5. The summed E-state index contributed by atoms with van der Waals surface area (Å²) in [4.78, 5) is 2.21. The van der Waals surface area contributed by atoms with Crippen molar-refractivity contribution in [3.63, 3.8) is 0 Å². The molecule has 13 heavy (non-hydrogen) atoms. The predicted octanol–water partition coefficient (Wildman–Crippen LogP) is 1.66. The fourth-order valence-electron chi connectivity index (χ4n) is 1.87. The SMILES string of the molecule is CN1c2cc(Cl)ccc2CC1CN. The molecule has 1 aliphatic rings. The van der Waals surface area contributed by atoms with Crippen LogP contribution in [0.3, 0.4) is 0 Å². The van der Waals surface area contributed by atoms with Crippen molar-refractivity contribution in [3.05, 3.63) is 28.8 Å². The molecule has 0 fully saturated rings. The highest BCUT2D eigenvalue weighted by molar-refractivity contribution is 6.30. The lowest BCUT2D eigenvalue weighted by atomic mass is 10.1. The second kappa shape index (κ2) is 3.20. The van der Waals surface area contributed by atoms with Gasteiger partial charge in [-0.05, 0) is 24.1 Å². The van der Waals surface area contributed by atoms with E-state index in [-0.39, 0.29) is 0 Å². The van der Waals surface area contributed by atoms with Gasteiger partial charge in [-0.2, -0.15) is 0 Å². The Morgan fingerprint density at radius 1 is 1.62 bits per heavy atom. The molecular formula is C10H13ClN2. The molecule has 2 nitrogen and oxygen atoms in total. The van der Waals surface area contributed by atoms with E-state index < -0.39 is 0 Å². The zero-order chi connectivity index (χ0) is 9.42. The number of hydrogen-bond acceptors (Lipinski definition) is 2. The summed E-state index contributed by atoms with van der Waals surface area (Å²) in [7, 11) is 2.07. The first-order valence-corrected chi connectivity index (χ1v) is 4.81. The Morgan fingerprint density at radius 3 is 3.08 bits per heavy atom. The molecule has 0 amide bonds. The molecule has 2 N–H and O–H groups in total. The molecule has 1 aromatic rings. The Balaban J connectivity index is 2.39. The van der Waals surface area contributed by atoms with Crippen molar-refractivity contribution < 1.29 is 0 Å². The molecule has 1 aliphatic heterocycles. The lowest BCUT2D eigenvalue weighted by molar-refractivity contribution is 0.675. The van der Waals surface area contributed by atoms with Crippen LogP contribution in [0.2, 0.25) is 5.02 Å². The maximum Gasteiger partial charge on any atom is 0.0450 e. The summed E-state index contributed by atoms with van der Waals surface area (Å²) in [6, 6.07) is 6.47. The van der Waals surface area contributed by atoms with Crippen molar-refractivity contribution in [1.29, 1.82) is 0 Å². The Labute approximate surface area is 83.3 Å². The molecule has 1 aromatic carbocycles. The van der Waals surface area contributed by atoms with Crippen LogP contribution in [0.25, 0.3) is 0 Å².